The maximum atomic E-state index is 12.4. The van der Waals surface area contributed by atoms with Crippen LogP contribution >= 0.6 is 0 Å². The van der Waals surface area contributed by atoms with Crippen molar-refractivity contribution < 1.29 is 14.3 Å². The molecule has 1 amide bonds. The Labute approximate surface area is 124 Å². The third kappa shape index (κ3) is 3.13. The highest BCUT2D eigenvalue weighted by Crippen LogP contribution is 2.23. The van der Waals surface area contributed by atoms with Crippen LogP contribution in [0.3, 0.4) is 0 Å². The molecular formula is C16H20N2O3. The third-order valence-electron chi connectivity index (χ3n) is 4.33. The fourth-order valence-electron chi connectivity index (χ4n) is 3.08. The highest BCUT2D eigenvalue weighted by Gasteiger charge is 2.32. The summed E-state index contributed by atoms with van der Waals surface area (Å²) in [5, 5.41) is 0. The van der Waals surface area contributed by atoms with Gasteiger partial charge in [-0.1, -0.05) is 0 Å². The molecule has 5 heteroatoms. The Morgan fingerprint density at radius 2 is 2.05 bits per heavy atom. The Bertz CT molecular complexity index is 504. The number of ether oxygens (including phenoxy) is 1. The Morgan fingerprint density at radius 3 is 2.67 bits per heavy atom. The first-order chi connectivity index (χ1) is 10.3. The molecule has 1 aromatic rings. The molecule has 0 aliphatic carbocycles. The highest BCUT2D eigenvalue weighted by atomic mass is 16.5. The molecule has 2 aliphatic heterocycles. The largest absolute Gasteiger partial charge is 0.368 e. The van der Waals surface area contributed by atoms with Crippen molar-refractivity contribution in [1.82, 2.24) is 9.88 Å². The van der Waals surface area contributed by atoms with Gasteiger partial charge in [0, 0.05) is 43.6 Å². The molecule has 0 radical (unpaired) electrons. The minimum Gasteiger partial charge on any atom is -0.368 e. The van der Waals surface area contributed by atoms with Gasteiger partial charge >= 0.3 is 0 Å². The van der Waals surface area contributed by atoms with Gasteiger partial charge in [-0.2, -0.15) is 0 Å². The van der Waals surface area contributed by atoms with Crippen molar-refractivity contribution in [2.24, 2.45) is 5.92 Å². The Hall–Kier alpha value is -1.75. The smallest absolute Gasteiger partial charge is 0.251 e. The maximum Gasteiger partial charge on any atom is 0.251 e. The molecule has 0 unspecified atom stereocenters. The minimum atomic E-state index is -0.254. The van der Waals surface area contributed by atoms with E-state index in [2.05, 4.69) is 4.98 Å². The fourth-order valence-corrected chi connectivity index (χ4v) is 3.08. The number of piperidine rings is 1. The van der Waals surface area contributed by atoms with E-state index in [4.69, 9.17) is 4.74 Å². The number of aromatic nitrogens is 1. The second-order valence-corrected chi connectivity index (χ2v) is 5.71. The van der Waals surface area contributed by atoms with Crippen molar-refractivity contribution in [3.8, 4) is 0 Å². The van der Waals surface area contributed by atoms with Gasteiger partial charge in [0.1, 0.15) is 6.10 Å². The summed E-state index contributed by atoms with van der Waals surface area (Å²) >= 11 is 0. The second-order valence-electron chi connectivity index (χ2n) is 5.71. The summed E-state index contributed by atoms with van der Waals surface area (Å²) in [7, 11) is 0. The molecule has 21 heavy (non-hydrogen) atoms. The van der Waals surface area contributed by atoms with Gasteiger partial charge in [0.25, 0.3) is 5.91 Å². The number of rotatable bonds is 3. The number of likely N-dealkylation sites (tertiary alicyclic amines) is 1. The van der Waals surface area contributed by atoms with E-state index in [0.717, 1.165) is 25.7 Å². The lowest BCUT2D eigenvalue weighted by Crippen LogP contribution is -2.44. The van der Waals surface area contributed by atoms with Crippen LogP contribution in [0.4, 0.5) is 0 Å². The van der Waals surface area contributed by atoms with E-state index in [1.165, 1.54) is 0 Å². The minimum absolute atomic E-state index is 0.00254. The molecule has 1 aromatic heterocycles. The zero-order valence-corrected chi connectivity index (χ0v) is 12.0. The SMILES string of the molecule is O=C(c1cccnc1)C1CCN(C(=O)[C@H]2CCCO2)CC1. The van der Waals surface area contributed by atoms with Crippen LogP contribution in [0.5, 0.6) is 0 Å². The van der Waals surface area contributed by atoms with Crippen molar-refractivity contribution in [1.29, 1.82) is 0 Å². The normalized spacial score (nSPS) is 23.2. The lowest BCUT2D eigenvalue weighted by atomic mass is 9.89. The van der Waals surface area contributed by atoms with Crippen molar-refractivity contribution in [3.63, 3.8) is 0 Å². The number of carbonyl (C=O) groups is 2. The number of carbonyl (C=O) groups excluding carboxylic acids is 2. The number of pyridine rings is 1. The van der Waals surface area contributed by atoms with Gasteiger partial charge in [-0.3, -0.25) is 14.6 Å². The Balaban J connectivity index is 1.55. The molecular weight excluding hydrogens is 268 g/mol. The Morgan fingerprint density at radius 1 is 1.24 bits per heavy atom. The molecule has 3 heterocycles. The maximum absolute atomic E-state index is 12.4. The summed E-state index contributed by atoms with van der Waals surface area (Å²) in [6, 6.07) is 3.59. The lowest BCUT2D eigenvalue weighted by molar-refractivity contribution is -0.142. The molecule has 2 saturated heterocycles. The first-order valence-electron chi connectivity index (χ1n) is 7.60. The highest BCUT2D eigenvalue weighted by molar-refractivity contribution is 5.97. The summed E-state index contributed by atoms with van der Waals surface area (Å²) in [4.78, 5) is 30.5. The van der Waals surface area contributed by atoms with Crippen LogP contribution in [0, 0.1) is 5.92 Å². The molecule has 2 fully saturated rings. The van der Waals surface area contributed by atoms with E-state index in [9.17, 15) is 9.59 Å². The van der Waals surface area contributed by atoms with Crippen LogP contribution in [0.2, 0.25) is 0 Å². The topological polar surface area (TPSA) is 59.5 Å². The third-order valence-corrected chi connectivity index (χ3v) is 4.33. The molecule has 0 aromatic carbocycles. The number of Topliss-reactive ketones (excluding diaryl/α,β-unsaturated/α-hetero) is 1. The van der Waals surface area contributed by atoms with Crippen LogP contribution < -0.4 is 0 Å². The number of hydrogen-bond donors (Lipinski definition) is 0. The van der Waals surface area contributed by atoms with Crippen LogP contribution in [0.15, 0.2) is 24.5 Å². The molecule has 3 rings (SSSR count). The first-order valence-corrected chi connectivity index (χ1v) is 7.60. The van der Waals surface area contributed by atoms with Gasteiger partial charge in [-0.05, 0) is 37.8 Å². The first kappa shape index (κ1) is 14.2. The monoisotopic (exact) mass is 288 g/mol. The van der Waals surface area contributed by atoms with E-state index < -0.39 is 0 Å². The van der Waals surface area contributed by atoms with Crippen molar-refractivity contribution in [3.05, 3.63) is 30.1 Å². The summed E-state index contributed by atoms with van der Waals surface area (Å²) in [5.41, 5.74) is 0.668. The summed E-state index contributed by atoms with van der Waals surface area (Å²) in [6.07, 6.45) is 6.28. The van der Waals surface area contributed by atoms with Crippen LogP contribution in [-0.2, 0) is 9.53 Å². The molecule has 0 N–H and O–H groups in total. The van der Waals surface area contributed by atoms with E-state index in [0.29, 0.717) is 25.3 Å². The van der Waals surface area contributed by atoms with E-state index >= 15 is 0 Å². The number of ketones is 1. The van der Waals surface area contributed by atoms with E-state index in [1.807, 2.05) is 4.90 Å². The summed E-state index contributed by atoms with van der Waals surface area (Å²) in [6.45, 7) is 1.98. The van der Waals surface area contributed by atoms with Crippen molar-refractivity contribution >= 4 is 11.7 Å². The number of amides is 1. The number of nitrogens with zero attached hydrogens (tertiary/aromatic N) is 2. The quantitative estimate of drug-likeness (QED) is 0.794. The standard InChI is InChI=1S/C16H20N2O3/c19-15(13-3-1-7-17-11-13)12-5-8-18(9-6-12)16(20)14-4-2-10-21-14/h1,3,7,11-12,14H,2,4-6,8-10H2/t14-/m1/s1. The van der Waals surface area contributed by atoms with Crippen LogP contribution in [0.25, 0.3) is 0 Å². The van der Waals surface area contributed by atoms with E-state index in [-0.39, 0.29) is 23.7 Å². The van der Waals surface area contributed by atoms with Gasteiger partial charge in [-0.15, -0.1) is 0 Å². The lowest BCUT2D eigenvalue weighted by Gasteiger charge is -2.32. The number of hydrogen-bond acceptors (Lipinski definition) is 4. The molecule has 0 spiro atoms. The predicted molar refractivity (Wildman–Crippen MR) is 76.8 cm³/mol. The molecule has 112 valence electrons. The molecule has 0 bridgehead atoms. The van der Waals surface area contributed by atoms with Crippen LogP contribution in [-0.4, -0.2) is 47.4 Å². The Kier molecular flexibility index (Phi) is 4.29. The van der Waals surface area contributed by atoms with Crippen LogP contribution in [0.1, 0.15) is 36.0 Å². The van der Waals surface area contributed by atoms with Gasteiger partial charge < -0.3 is 9.64 Å². The van der Waals surface area contributed by atoms with Gasteiger partial charge in [0.05, 0.1) is 0 Å². The second kappa shape index (κ2) is 6.35. The zero-order chi connectivity index (χ0) is 14.7. The average Bonchev–Trinajstić information content (AvgIpc) is 3.09. The van der Waals surface area contributed by atoms with E-state index in [1.54, 1.807) is 24.5 Å². The van der Waals surface area contributed by atoms with Gasteiger partial charge in [0.15, 0.2) is 5.78 Å². The predicted octanol–water partition coefficient (Wildman–Crippen LogP) is 1.68. The van der Waals surface area contributed by atoms with Gasteiger partial charge in [0.2, 0.25) is 0 Å². The molecule has 0 saturated carbocycles. The summed E-state index contributed by atoms with van der Waals surface area (Å²) < 4.78 is 5.45. The molecule has 2 aliphatic rings. The fraction of sp³-hybridized carbons (Fsp3) is 0.562. The summed E-state index contributed by atoms with van der Waals surface area (Å²) in [5.74, 6) is 0.245. The average molecular weight is 288 g/mol. The van der Waals surface area contributed by atoms with Crippen molar-refractivity contribution in [2.45, 2.75) is 31.8 Å². The zero-order valence-electron chi connectivity index (χ0n) is 12.0. The van der Waals surface area contributed by atoms with Crippen molar-refractivity contribution in [2.75, 3.05) is 19.7 Å². The van der Waals surface area contributed by atoms with Gasteiger partial charge in [-0.25, -0.2) is 0 Å². The molecule has 5 nitrogen and oxygen atoms in total. The molecule has 1 atom stereocenters.